The van der Waals surface area contributed by atoms with Gasteiger partial charge in [-0.2, -0.15) is 0 Å². The molecule has 6 heteroatoms. The van der Waals surface area contributed by atoms with E-state index in [1.807, 2.05) is 13.8 Å². The molecule has 0 radical (unpaired) electrons. The molecule has 6 nitrogen and oxygen atoms in total. The molecule has 0 aliphatic heterocycles. The summed E-state index contributed by atoms with van der Waals surface area (Å²) in [5.74, 6) is 0.345. The first kappa shape index (κ1) is 16.5. The lowest BCUT2D eigenvalue weighted by Crippen LogP contribution is -2.31. The zero-order chi connectivity index (χ0) is 15.1. The molecule has 0 aliphatic carbocycles. The van der Waals surface area contributed by atoms with E-state index in [-0.39, 0.29) is 17.8 Å². The van der Waals surface area contributed by atoms with Gasteiger partial charge in [-0.15, -0.1) is 10.2 Å². The first-order valence-corrected chi connectivity index (χ1v) is 7.25. The van der Waals surface area contributed by atoms with Crippen molar-refractivity contribution in [2.45, 2.75) is 47.0 Å². The van der Waals surface area contributed by atoms with E-state index in [0.717, 1.165) is 30.7 Å². The van der Waals surface area contributed by atoms with Gasteiger partial charge in [-0.3, -0.25) is 10.1 Å². The quantitative estimate of drug-likeness (QED) is 0.790. The fraction of sp³-hybridized carbons (Fsp3) is 0.714. The predicted octanol–water partition coefficient (Wildman–Crippen LogP) is 1.56. The lowest BCUT2D eigenvalue weighted by molar-refractivity contribution is -0.120. The maximum absolute atomic E-state index is 12.1. The van der Waals surface area contributed by atoms with Crippen molar-refractivity contribution >= 4 is 11.9 Å². The summed E-state index contributed by atoms with van der Waals surface area (Å²) in [4.78, 5) is 16.5. The minimum absolute atomic E-state index is 0.130. The highest BCUT2D eigenvalue weighted by Crippen LogP contribution is 2.13. The molecule has 3 N–H and O–H groups in total. The van der Waals surface area contributed by atoms with Crippen molar-refractivity contribution in [2.24, 2.45) is 17.6 Å². The number of amides is 1. The van der Waals surface area contributed by atoms with Crippen LogP contribution in [-0.2, 0) is 17.6 Å². The van der Waals surface area contributed by atoms with Crippen LogP contribution < -0.4 is 11.1 Å². The van der Waals surface area contributed by atoms with Gasteiger partial charge in [0.05, 0.1) is 17.3 Å². The van der Waals surface area contributed by atoms with E-state index in [4.69, 9.17) is 5.73 Å². The van der Waals surface area contributed by atoms with Crippen molar-refractivity contribution in [1.29, 1.82) is 0 Å². The summed E-state index contributed by atoms with van der Waals surface area (Å²) in [6.07, 6.45) is 2.31. The van der Waals surface area contributed by atoms with E-state index in [9.17, 15) is 4.79 Å². The number of rotatable bonds is 7. The molecule has 0 aliphatic rings. The van der Waals surface area contributed by atoms with Gasteiger partial charge in [0.2, 0.25) is 11.9 Å². The van der Waals surface area contributed by atoms with Crippen LogP contribution in [0.15, 0.2) is 0 Å². The topological polar surface area (TPSA) is 93.8 Å². The summed E-state index contributed by atoms with van der Waals surface area (Å²) < 4.78 is 0. The van der Waals surface area contributed by atoms with E-state index >= 15 is 0 Å². The second-order valence-corrected chi connectivity index (χ2v) is 5.29. The molecule has 0 saturated carbocycles. The number of aromatic nitrogens is 3. The van der Waals surface area contributed by atoms with E-state index in [0.29, 0.717) is 12.5 Å². The van der Waals surface area contributed by atoms with Crippen LogP contribution in [0.4, 0.5) is 5.95 Å². The summed E-state index contributed by atoms with van der Waals surface area (Å²) in [6, 6.07) is 0. The average Bonchev–Trinajstić information content (AvgIpc) is 2.44. The van der Waals surface area contributed by atoms with Gasteiger partial charge in [-0.25, -0.2) is 4.98 Å². The molecule has 0 fully saturated rings. The normalized spacial score (nSPS) is 12.5. The first-order valence-electron chi connectivity index (χ1n) is 7.25. The van der Waals surface area contributed by atoms with E-state index in [1.165, 1.54) is 0 Å². The number of hydrogen-bond donors (Lipinski definition) is 2. The first-order chi connectivity index (χ1) is 9.51. The van der Waals surface area contributed by atoms with Crippen molar-refractivity contribution < 1.29 is 4.79 Å². The molecule has 20 heavy (non-hydrogen) atoms. The summed E-state index contributed by atoms with van der Waals surface area (Å²) in [5, 5.41) is 10.8. The maximum atomic E-state index is 12.1. The van der Waals surface area contributed by atoms with Crippen LogP contribution in [0.1, 0.15) is 45.5 Å². The number of nitrogens with one attached hydrogen (secondary N) is 1. The van der Waals surface area contributed by atoms with Gasteiger partial charge in [-0.05, 0) is 25.2 Å². The molecule has 1 rings (SSSR count). The Balaban J connectivity index is 2.79. The molecule has 1 aromatic heterocycles. The van der Waals surface area contributed by atoms with E-state index < -0.39 is 0 Å². The number of hydrogen-bond acceptors (Lipinski definition) is 5. The predicted molar refractivity (Wildman–Crippen MR) is 79.2 cm³/mol. The Labute approximate surface area is 120 Å². The maximum Gasteiger partial charge on any atom is 0.249 e. The monoisotopic (exact) mass is 279 g/mol. The van der Waals surface area contributed by atoms with Crippen LogP contribution in [0.2, 0.25) is 0 Å². The smallest absolute Gasteiger partial charge is 0.249 e. The van der Waals surface area contributed by atoms with Gasteiger partial charge in [0.25, 0.3) is 0 Å². The standard InChI is InChI=1S/C14H25N5O/c1-5-11-12(6-2)18-19-14(16-11)17-13(20)10(8-15)7-9(3)4/h9-10H,5-8,15H2,1-4H3,(H,16,17,19,20). The van der Waals surface area contributed by atoms with Crippen LogP contribution in [0.25, 0.3) is 0 Å². The highest BCUT2D eigenvalue weighted by molar-refractivity contribution is 5.91. The summed E-state index contributed by atoms with van der Waals surface area (Å²) in [5.41, 5.74) is 7.42. The third-order valence-corrected chi connectivity index (χ3v) is 3.16. The number of nitrogens with zero attached hydrogens (tertiary/aromatic N) is 3. The molecule has 0 spiro atoms. The summed E-state index contributed by atoms with van der Waals surface area (Å²) in [7, 11) is 0. The van der Waals surface area contributed by atoms with Crippen molar-refractivity contribution in [2.75, 3.05) is 11.9 Å². The highest BCUT2D eigenvalue weighted by atomic mass is 16.2. The van der Waals surface area contributed by atoms with Crippen molar-refractivity contribution in [3.63, 3.8) is 0 Å². The molecule has 1 atom stereocenters. The number of anilines is 1. The minimum atomic E-state index is -0.213. The Hall–Kier alpha value is -1.56. The third-order valence-electron chi connectivity index (χ3n) is 3.16. The molecule has 1 amide bonds. The van der Waals surface area contributed by atoms with Crippen LogP contribution in [0, 0.1) is 11.8 Å². The Kier molecular flexibility index (Phi) is 6.51. The molecular formula is C14H25N5O. The molecule has 1 aromatic rings. The van der Waals surface area contributed by atoms with Crippen LogP contribution in [0.3, 0.4) is 0 Å². The Morgan fingerprint density at radius 2 is 1.85 bits per heavy atom. The lowest BCUT2D eigenvalue weighted by atomic mass is 9.96. The summed E-state index contributed by atoms with van der Waals surface area (Å²) >= 11 is 0. The number of carbonyl (C=O) groups is 1. The van der Waals surface area contributed by atoms with Crippen LogP contribution >= 0.6 is 0 Å². The largest absolute Gasteiger partial charge is 0.330 e. The zero-order valence-electron chi connectivity index (χ0n) is 12.8. The lowest BCUT2D eigenvalue weighted by Gasteiger charge is -2.16. The molecule has 112 valence electrons. The molecule has 1 unspecified atom stereocenters. The van der Waals surface area contributed by atoms with Gasteiger partial charge >= 0.3 is 0 Å². The Morgan fingerprint density at radius 1 is 1.20 bits per heavy atom. The number of carbonyl (C=O) groups excluding carboxylic acids is 1. The minimum Gasteiger partial charge on any atom is -0.330 e. The molecule has 1 heterocycles. The Bertz CT molecular complexity index is 447. The fourth-order valence-corrected chi connectivity index (χ4v) is 2.08. The van der Waals surface area contributed by atoms with Crippen molar-refractivity contribution in [3.05, 3.63) is 11.4 Å². The van der Waals surface area contributed by atoms with Gasteiger partial charge < -0.3 is 5.73 Å². The SMILES string of the molecule is CCc1nnc(NC(=O)C(CN)CC(C)C)nc1CC. The third kappa shape index (κ3) is 4.52. The second-order valence-electron chi connectivity index (χ2n) is 5.29. The van der Waals surface area contributed by atoms with Crippen molar-refractivity contribution in [1.82, 2.24) is 15.2 Å². The Morgan fingerprint density at radius 3 is 2.35 bits per heavy atom. The van der Waals surface area contributed by atoms with E-state index in [1.54, 1.807) is 0 Å². The van der Waals surface area contributed by atoms with Crippen molar-refractivity contribution in [3.8, 4) is 0 Å². The molecule has 0 aromatic carbocycles. The highest BCUT2D eigenvalue weighted by Gasteiger charge is 2.19. The number of aryl methyl sites for hydroxylation is 2. The average molecular weight is 279 g/mol. The molecule has 0 bridgehead atoms. The summed E-state index contributed by atoms with van der Waals surface area (Å²) in [6.45, 7) is 8.48. The van der Waals surface area contributed by atoms with Gasteiger partial charge in [0.1, 0.15) is 0 Å². The second kappa shape index (κ2) is 7.89. The van der Waals surface area contributed by atoms with Gasteiger partial charge in [-0.1, -0.05) is 27.7 Å². The fourth-order valence-electron chi connectivity index (χ4n) is 2.08. The van der Waals surface area contributed by atoms with Gasteiger partial charge in [0.15, 0.2) is 0 Å². The van der Waals surface area contributed by atoms with E-state index in [2.05, 4.69) is 34.3 Å². The van der Waals surface area contributed by atoms with Crippen LogP contribution in [0.5, 0.6) is 0 Å². The molecule has 0 saturated heterocycles. The molecular weight excluding hydrogens is 254 g/mol. The number of nitrogens with two attached hydrogens (primary N) is 1. The van der Waals surface area contributed by atoms with Gasteiger partial charge in [0, 0.05) is 6.54 Å². The zero-order valence-corrected chi connectivity index (χ0v) is 12.8. The van der Waals surface area contributed by atoms with Crippen LogP contribution in [-0.4, -0.2) is 27.6 Å².